The van der Waals surface area contributed by atoms with Gasteiger partial charge in [-0.15, -0.1) is 0 Å². The molecule has 2 fully saturated rings. The molecule has 2 aromatic carbocycles. The van der Waals surface area contributed by atoms with Gasteiger partial charge in [0.1, 0.15) is 11.6 Å². The lowest BCUT2D eigenvalue weighted by molar-refractivity contribution is -0.132. The molecule has 2 saturated heterocycles. The van der Waals surface area contributed by atoms with Crippen LogP contribution in [0.2, 0.25) is 0 Å². The SMILES string of the molecule is CC1(c2ccccc2)NC(=O)N(CC(O)CN2CCN(c3ccccc3C#N)CC2)C1=O. The van der Waals surface area contributed by atoms with Crippen molar-refractivity contribution in [3.63, 3.8) is 0 Å². The van der Waals surface area contributed by atoms with Gasteiger partial charge in [0.05, 0.1) is 23.9 Å². The second-order valence-electron chi connectivity index (χ2n) is 8.41. The number of hydrogen-bond donors (Lipinski definition) is 2. The van der Waals surface area contributed by atoms with Crippen LogP contribution in [-0.4, -0.2) is 72.2 Å². The van der Waals surface area contributed by atoms with Crippen molar-refractivity contribution in [2.24, 2.45) is 0 Å². The van der Waals surface area contributed by atoms with Gasteiger partial charge in [0.2, 0.25) is 0 Å². The van der Waals surface area contributed by atoms with E-state index < -0.39 is 17.7 Å². The number of imide groups is 1. The summed E-state index contributed by atoms with van der Waals surface area (Å²) in [6.45, 7) is 4.92. The van der Waals surface area contributed by atoms with Crippen LogP contribution in [0.15, 0.2) is 54.6 Å². The fraction of sp³-hybridized carbons (Fsp3) is 0.375. The Hall–Kier alpha value is -3.41. The Morgan fingerprint density at radius 1 is 1.03 bits per heavy atom. The van der Waals surface area contributed by atoms with Crippen molar-refractivity contribution in [2.45, 2.75) is 18.6 Å². The third kappa shape index (κ3) is 4.17. The lowest BCUT2D eigenvalue weighted by Gasteiger charge is -2.37. The van der Waals surface area contributed by atoms with E-state index in [0.717, 1.165) is 36.8 Å². The molecular formula is C24H27N5O3. The van der Waals surface area contributed by atoms with Crippen LogP contribution in [0.4, 0.5) is 10.5 Å². The Morgan fingerprint density at radius 3 is 2.38 bits per heavy atom. The number of hydrogen-bond acceptors (Lipinski definition) is 6. The van der Waals surface area contributed by atoms with Crippen LogP contribution in [0.5, 0.6) is 0 Å². The van der Waals surface area contributed by atoms with Crippen LogP contribution in [0.3, 0.4) is 0 Å². The van der Waals surface area contributed by atoms with E-state index in [4.69, 9.17) is 0 Å². The molecule has 2 heterocycles. The topological polar surface area (TPSA) is 99.9 Å². The average molecular weight is 434 g/mol. The number of benzene rings is 2. The van der Waals surface area contributed by atoms with E-state index in [1.54, 1.807) is 6.92 Å². The number of aliphatic hydroxyl groups is 1. The molecule has 2 unspecified atom stereocenters. The lowest BCUT2D eigenvalue weighted by atomic mass is 9.92. The number of rotatable bonds is 6. The first-order valence-corrected chi connectivity index (χ1v) is 10.8. The van der Waals surface area contributed by atoms with Gasteiger partial charge in [0.25, 0.3) is 5.91 Å². The van der Waals surface area contributed by atoms with Crippen LogP contribution >= 0.6 is 0 Å². The van der Waals surface area contributed by atoms with Gasteiger partial charge in [-0.3, -0.25) is 14.6 Å². The van der Waals surface area contributed by atoms with Crippen molar-refractivity contribution < 1.29 is 14.7 Å². The number of β-amino-alcohol motifs (C(OH)–C–C–N with tert-alkyl or cyclic N) is 1. The maximum absolute atomic E-state index is 13.0. The summed E-state index contributed by atoms with van der Waals surface area (Å²) in [5.41, 5.74) is 1.16. The van der Waals surface area contributed by atoms with Crippen molar-refractivity contribution in [2.75, 3.05) is 44.2 Å². The first kappa shape index (κ1) is 21.8. The highest BCUT2D eigenvalue weighted by Crippen LogP contribution is 2.28. The zero-order valence-electron chi connectivity index (χ0n) is 18.1. The molecule has 2 aliphatic rings. The third-order valence-corrected chi connectivity index (χ3v) is 6.23. The second kappa shape index (κ2) is 8.99. The summed E-state index contributed by atoms with van der Waals surface area (Å²) in [6.07, 6.45) is -0.847. The molecule has 2 N–H and O–H groups in total. The van der Waals surface area contributed by atoms with Crippen molar-refractivity contribution in [3.8, 4) is 6.07 Å². The number of amides is 3. The fourth-order valence-corrected chi connectivity index (χ4v) is 4.41. The number of carbonyl (C=O) groups is 2. The molecule has 8 heteroatoms. The summed E-state index contributed by atoms with van der Waals surface area (Å²) in [5.74, 6) is -0.356. The van der Waals surface area contributed by atoms with Crippen LogP contribution in [0.25, 0.3) is 0 Å². The molecule has 4 rings (SSSR count). The maximum atomic E-state index is 13.0. The minimum atomic E-state index is -1.13. The van der Waals surface area contributed by atoms with Crippen molar-refractivity contribution in [3.05, 3.63) is 65.7 Å². The number of para-hydroxylation sites is 1. The zero-order chi connectivity index (χ0) is 22.7. The van der Waals surface area contributed by atoms with E-state index in [1.165, 1.54) is 0 Å². The molecule has 0 bridgehead atoms. The minimum Gasteiger partial charge on any atom is -0.390 e. The number of urea groups is 1. The standard InChI is InChI=1S/C24H27N5O3/c1-24(19-8-3-2-4-9-19)22(31)29(23(32)26-24)17-20(30)16-27-11-13-28(14-12-27)21-10-6-5-7-18(21)15-25/h2-10,20,30H,11-14,16-17H2,1H3,(H,26,32). The van der Waals surface area contributed by atoms with Gasteiger partial charge in [0, 0.05) is 32.7 Å². The highest BCUT2D eigenvalue weighted by molar-refractivity contribution is 6.07. The molecule has 8 nitrogen and oxygen atoms in total. The Kier molecular flexibility index (Phi) is 6.12. The Balaban J connectivity index is 1.33. The number of nitrogens with one attached hydrogen (secondary N) is 1. The summed E-state index contributed by atoms with van der Waals surface area (Å²) < 4.78 is 0. The van der Waals surface area contributed by atoms with Crippen molar-refractivity contribution >= 4 is 17.6 Å². The second-order valence-corrected chi connectivity index (χ2v) is 8.41. The predicted molar refractivity (Wildman–Crippen MR) is 120 cm³/mol. The van der Waals surface area contributed by atoms with Gasteiger partial charge in [-0.1, -0.05) is 42.5 Å². The minimum absolute atomic E-state index is 0.0510. The van der Waals surface area contributed by atoms with Gasteiger partial charge >= 0.3 is 6.03 Å². The summed E-state index contributed by atoms with van der Waals surface area (Å²) in [4.78, 5) is 30.9. The van der Waals surface area contributed by atoms with E-state index in [1.807, 2.05) is 54.6 Å². The van der Waals surface area contributed by atoms with Crippen molar-refractivity contribution in [1.29, 1.82) is 5.26 Å². The van der Waals surface area contributed by atoms with Gasteiger partial charge in [0.15, 0.2) is 0 Å². The molecule has 0 saturated carbocycles. The van der Waals surface area contributed by atoms with Gasteiger partial charge in [-0.05, 0) is 24.6 Å². The lowest BCUT2D eigenvalue weighted by Crippen LogP contribution is -2.50. The highest BCUT2D eigenvalue weighted by atomic mass is 16.3. The zero-order valence-corrected chi connectivity index (χ0v) is 18.1. The van der Waals surface area contributed by atoms with E-state index in [0.29, 0.717) is 17.7 Å². The number of aliphatic hydroxyl groups excluding tert-OH is 1. The largest absolute Gasteiger partial charge is 0.390 e. The molecule has 2 aliphatic heterocycles. The van der Waals surface area contributed by atoms with Crippen LogP contribution < -0.4 is 10.2 Å². The Bertz CT molecular complexity index is 1030. The molecule has 2 aromatic rings. The first-order chi connectivity index (χ1) is 15.4. The molecular weight excluding hydrogens is 406 g/mol. The molecule has 0 spiro atoms. The Morgan fingerprint density at radius 2 is 1.69 bits per heavy atom. The van der Waals surface area contributed by atoms with Crippen LogP contribution in [0, 0.1) is 11.3 Å². The first-order valence-electron chi connectivity index (χ1n) is 10.8. The number of piperazine rings is 1. The average Bonchev–Trinajstić information content (AvgIpc) is 3.04. The molecule has 3 amide bonds. The summed E-state index contributed by atoms with van der Waals surface area (Å²) >= 11 is 0. The summed E-state index contributed by atoms with van der Waals surface area (Å²) in [6, 6.07) is 18.4. The maximum Gasteiger partial charge on any atom is 0.325 e. The van der Waals surface area contributed by atoms with Gasteiger partial charge < -0.3 is 15.3 Å². The molecule has 166 valence electrons. The van der Waals surface area contributed by atoms with E-state index in [9.17, 15) is 20.0 Å². The Labute approximate surface area is 187 Å². The summed E-state index contributed by atoms with van der Waals surface area (Å²) in [5, 5.41) is 22.7. The third-order valence-electron chi connectivity index (χ3n) is 6.23. The molecule has 0 aromatic heterocycles. The van der Waals surface area contributed by atoms with E-state index in [2.05, 4.69) is 21.2 Å². The molecule has 32 heavy (non-hydrogen) atoms. The van der Waals surface area contributed by atoms with Crippen molar-refractivity contribution in [1.82, 2.24) is 15.1 Å². The monoisotopic (exact) mass is 433 g/mol. The highest BCUT2D eigenvalue weighted by Gasteiger charge is 2.49. The number of carbonyl (C=O) groups excluding carboxylic acids is 2. The van der Waals surface area contributed by atoms with Gasteiger partial charge in [-0.25, -0.2) is 4.79 Å². The predicted octanol–water partition coefficient (Wildman–Crippen LogP) is 1.51. The smallest absolute Gasteiger partial charge is 0.325 e. The normalized spacial score (nSPS) is 22.5. The molecule has 0 aliphatic carbocycles. The van der Waals surface area contributed by atoms with Crippen LogP contribution in [-0.2, 0) is 10.3 Å². The number of anilines is 1. The molecule has 0 radical (unpaired) electrons. The van der Waals surface area contributed by atoms with E-state index in [-0.39, 0.29) is 12.5 Å². The van der Waals surface area contributed by atoms with E-state index >= 15 is 0 Å². The number of nitrogens with zero attached hydrogens (tertiary/aromatic N) is 4. The summed E-state index contributed by atoms with van der Waals surface area (Å²) in [7, 11) is 0. The quantitative estimate of drug-likeness (QED) is 0.670. The fourth-order valence-electron chi connectivity index (χ4n) is 4.41. The number of nitriles is 1. The molecule has 2 atom stereocenters. The van der Waals surface area contributed by atoms with Crippen LogP contribution in [0.1, 0.15) is 18.1 Å². The van der Waals surface area contributed by atoms with Gasteiger partial charge in [-0.2, -0.15) is 5.26 Å².